The number of aliphatic hydroxyl groups is 1. The minimum atomic E-state index is -0.555. The molecule has 0 saturated heterocycles. The van der Waals surface area contributed by atoms with Crippen LogP contribution in [0.15, 0.2) is 30.1 Å². The van der Waals surface area contributed by atoms with Gasteiger partial charge in [-0.15, -0.1) is 0 Å². The lowest BCUT2D eigenvalue weighted by molar-refractivity contribution is 0.204. The third-order valence-corrected chi connectivity index (χ3v) is 3.51. The summed E-state index contributed by atoms with van der Waals surface area (Å²) < 4.78 is 5.26. The van der Waals surface area contributed by atoms with E-state index in [1.807, 2.05) is 6.07 Å². The molecule has 0 aromatic carbocycles. The summed E-state index contributed by atoms with van der Waals surface area (Å²) in [6.07, 6.45) is 12.0. The lowest BCUT2D eigenvalue weighted by atomic mass is 9.93. The fourth-order valence-corrected chi connectivity index (χ4v) is 2.45. The molecule has 3 nitrogen and oxygen atoms in total. The average molecular weight is 247 g/mol. The highest BCUT2D eigenvalue weighted by Crippen LogP contribution is 2.32. The number of rotatable bonds is 3. The predicted molar refractivity (Wildman–Crippen MR) is 71.5 cm³/mol. The topological polar surface area (TPSA) is 42.4 Å². The zero-order valence-electron chi connectivity index (χ0n) is 10.9. The van der Waals surface area contributed by atoms with Crippen molar-refractivity contribution in [1.29, 1.82) is 0 Å². The van der Waals surface area contributed by atoms with Crippen molar-refractivity contribution in [2.45, 2.75) is 44.6 Å². The Morgan fingerprint density at radius 3 is 2.94 bits per heavy atom. The fraction of sp³-hybridized carbons (Fsp3) is 0.533. The Morgan fingerprint density at radius 1 is 1.28 bits per heavy atom. The Hall–Kier alpha value is -1.35. The van der Waals surface area contributed by atoms with E-state index in [-0.39, 0.29) is 0 Å². The molecule has 0 fully saturated rings. The molecule has 1 aliphatic carbocycles. The van der Waals surface area contributed by atoms with Crippen molar-refractivity contribution in [3.05, 3.63) is 35.7 Å². The highest BCUT2D eigenvalue weighted by Gasteiger charge is 2.17. The number of ether oxygens (including phenoxy) is 1. The first-order chi connectivity index (χ1) is 8.83. The molecule has 1 unspecified atom stereocenters. The van der Waals surface area contributed by atoms with Crippen LogP contribution in [0.5, 0.6) is 5.75 Å². The van der Waals surface area contributed by atoms with Gasteiger partial charge in [-0.2, -0.15) is 0 Å². The van der Waals surface area contributed by atoms with Gasteiger partial charge in [0, 0.05) is 11.8 Å². The number of methoxy groups -OCH3 is 1. The van der Waals surface area contributed by atoms with E-state index in [1.54, 1.807) is 19.5 Å². The minimum Gasteiger partial charge on any atom is -0.495 e. The number of nitrogens with zero attached hydrogens (tertiary/aromatic N) is 1. The summed E-state index contributed by atoms with van der Waals surface area (Å²) in [5.41, 5.74) is 1.94. The number of allylic oxidation sites excluding steroid dienone is 1. The van der Waals surface area contributed by atoms with Gasteiger partial charge in [-0.05, 0) is 37.3 Å². The van der Waals surface area contributed by atoms with Crippen LogP contribution in [-0.2, 0) is 0 Å². The van der Waals surface area contributed by atoms with Crippen LogP contribution in [0.1, 0.15) is 50.2 Å². The Morgan fingerprint density at radius 2 is 2.11 bits per heavy atom. The number of hydrogen-bond donors (Lipinski definition) is 1. The minimum absolute atomic E-state index is 0.555. The molecule has 0 aliphatic heterocycles. The van der Waals surface area contributed by atoms with Gasteiger partial charge in [0.15, 0.2) is 0 Å². The summed E-state index contributed by atoms with van der Waals surface area (Å²) >= 11 is 0. The first kappa shape index (κ1) is 13.1. The molecular weight excluding hydrogens is 226 g/mol. The van der Waals surface area contributed by atoms with Gasteiger partial charge in [0.1, 0.15) is 11.9 Å². The molecule has 1 atom stereocenters. The largest absolute Gasteiger partial charge is 0.495 e. The van der Waals surface area contributed by atoms with Gasteiger partial charge in [0.25, 0.3) is 0 Å². The van der Waals surface area contributed by atoms with Crippen LogP contribution in [0.2, 0.25) is 0 Å². The molecular formula is C15H21NO2. The molecule has 0 radical (unpaired) electrons. The third kappa shape index (κ3) is 3.10. The zero-order valence-corrected chi connectivity index (χ0v) is 10.9. The molecule has 1 aromatic rings. The van der Waals surface area contributed by atoms with Gasteiger partial charge in [-0.1, -0.05) is 18.9 Å². The van der Waals surface area contributed by atoms with Gasteiger partial charge >= 0.3 is 0 Å². The van der Waals surface area contributed by atoms with Crippen molar-refractivity contribution in [1.82, 2.24) is 4.98 Å². The van der Waals surface area contributed by atoms with E-state index in [9.17, 15) is 5.11 Å². The standard InChI is InChI=1S/C15H21NO2/c1-18-14-11-16-10-9-13(14)15(17)12-7-5-3-2-4-6-8-12/h7,9-11,15,17H,2-6,8H2,1H3/b12-7+. The van der Waals surface area contributed by atoms with Crippen molar-refractivity contribution in [2.75, 3.05) is 7.11 Å². The molecule has 1 heterocycles. The highest BCUT2D eigenvalue weighted by atomic mass is 16.5. The lowest BCUT2D eigenvalue weighted by Gasteiger charge is -2.19. The molecule has 1 aromatic heterocycles. The van der Waals surface area contributed by atoms with Crippen molar-refractivity contribution in [3.63, 3.8) is 0 Å². The van der Waals surface area contributed by atoms with Crippen molar-refractivity contribution in [2.24, 2.45) is 0 Å². The van der Waals surface area contributed by atoms with Crippen LogP contribution in [0.3, 0.4) is 0 Å². The second kappa shape index (κ2) is 6.55. The Balaban J connectivity index is 2.20. The van der Waals surface area contributed by atoms with E-state index in [0.717, 1.165) is 30.4 Å². The first-order valence-corrected chi connectivity index (χ1v) is 6.68. The SMILES string of the molecule is COc1cnccc1C(O)/C1=C/CCCCCC1. The highest BCUT2D eigenvalue weighted by molar-refractivity contribution is 5.36. The van der Waals surface area contributed by atoms with Crippen LogP contribution < -0.4 is 4.74 Å². The smallest absolute Gasteiger partial charge is 0.143 e. The maximum absolute atomic E-state index is 10.5. The van der Waals surface area contributed by atoms with E-state index in [1.165, 1.54) is 19.3 Å². The molecule has 0 amide bonds. The molecule has 1 N–H and O–H groups in total. The summed E-state index contributed by atoms with van der Waals surface area (Å²) in [7, 11) is 1.61. The Kier molecular flexibility index (Phi) is 4.76. The van der Waals surface area contributed by atoms with E-state index >= 15 is 0 Å². The van der Waals surface area contributed by atoms with Crippen LogP contribution in [0.25, 0.3) is 0 Å². The normalized spacial score (nSPS) is 21.3. The Bertz CT molecular complexity index is 415. The van der Waals surface area contributed by atoms with Crippen molar-refractivity contribution >= 4 is 0 Å². The third-order valence-electron chi connectivity index (χ3n) is 3.51. The maximum atomic E-state index is 10.5. The summed E-state index contributed by atoms with van der Waals surface area (Å²) in [6.45, 7) is 0. The average Bonchev–Trinajstić information content (AvgIpc) is 2.37. The van der Waals surface area contributed by atoms with E-state index in [2.05, 4.69) is 11.1 Å². The quantitative estimate of drug-likeness (QED) is 0.832. The summed E-state index contributed by atoms with van der Waals surface area (Å²) in [5.74, 6) is 0.660. The summed E-state index contributed by atoms with van der Waals surface area (Å²) in [5, 5.41) is 10.5. The first-order valence-electron chi connectivity index (χ1n) is 6.68. The number of aliphatic hydroxyl groups excluding tert-OH is 1. The van der Waals surface area contributed by atoms with Crippen LogP contribution in [-0.4, -0.2) is 17.2 Å². The second-order valence-corrected chi connectivity index (χ2v) is 4.75. The summed E-state index contributed by atoms with van der Waals surface area (Å²) in [4.78, 5) is 4.02. The summed E-state index contributed by atoms with van der Waals surface area (Å²) in [6, 6.07) is 1.84. The molecule has 18 heavy (non-hydrogen) atoms. The van der Waals surface area contributed by atoms with Gasteiger partial charge in [-0.3, -0.25) is 4.98 Å². The monoisotopic (exact) mass is 247 g/mol. The van der Waals surface area contributed by atoms with Gasteiger partial charge in [0.2, 0.25) is 0 Å². The molecule has 0 saturated carbocycles. The van der Waals surface area contributed by atoms with E-state index in [4.69, 9.17) is 4.74 Å². The van der Waals surface area contributed by atoms with Crippen LogP contribution in [0, 0.1) is 0 Å². The molecule has 98 valence electrons. The zero-order chi connectivity index (χ0) is 12.8. The number of hydrogen-bond acceptors (Lipinski definition) is 3. The molecule has 0 bridgehead atoms. The number of pyridine rings is 1. The molecule has 2 rings (SSSR count). The van der Waals surface area contributed by atoms with Gasteiger partial charge < -0.3 is 9.84 Å². The van der Waals surface area contributed by atoms with E-state index < -0.39 is 6.10 Å². The van der Waals surface area contributed by atoms with Crippen molar-refractivity contribution in [3.8, 4) is 5.75 Å². The molecule has 0 spiro atoms. The fourth-order valence-electron chi connectivity index (χ4n) is 2.45. The lowest BCUT2D eigenvalue weighted by Crippen LogP contribution is -2.05. The van der Waals surface area contributed by atoms with Crippen molar-refractivity contribution < 1.29 is 9.84 Å². The molecule has 1 aliphatic rings. The van der Waals surface area contributed by atoms with Gasteiger partial charge in [0.05, 0.1) is 13.3 Å². The van der Waals surface area contributed by atoms with Crippen LogP contribution in [0.4, 0.5) is 0 Å². The Labute approximate surface area is 109 Å². The van der Waals surface area contributed by atoms with Gasteiger partial charge in [-0.25, -0.2) is 0 Å². The maximum Gasteiger partial charge on any atom is 0.143 e. The van der Waals surface area contributed by atoms with E-state index in [0.29, 0.717) is 5.75 Å². The second-order valence-electron chi connectivity index (χ2n) is 4.75. The number of aromatic nitrogens is 1. The molecule has 3 heteroatoms. The van der Waals surface area contributed by atoms with Crippen LogP contribution >= 0.6 is 0 Å². The predicted octanol–water partition coefficient (Wildman–Crippen LogP) is 3.40.